The first-order chi connectivity index (χ1) is 6.50. The molecule has 14 heavy (non-hydrogen) atoms. The molecule has 0 bridgehead atoms. The minimum absolute atomic E-state index is 0.0658. The first-order valence-corrected chi connectivity index (χ1v) is 5.51. The van der Waals surface area contributed by atoms with Gasteiger partial charge in [-0.15, -0.1) is 0 Å². The quantitative estimate of drug-likeness (QED) is 0.662. The maximum Gasteiger partial charge on any atom is 0.239 e. The molecule has 0 aliphatic heterocycles. The summed E-state index contributed by atoms with van der Waals surface area (Å²) in [5, 5.41) is 0. The van der Waals surface area contributed by atoms with Crippen molar-refractivity contribution in [3.8, 4) is 0 Å². The predicted octanol–water partition coefficient (Wildman–Crippen LogP) is 1.62. The zero-order valence-corrected chi connectivity index (χ0v) is 9.92. The van der Waals surface area contributed by atoms with Gasteiger partial charge in [0, 0.05) is 13.6 Å². The van der Waals surface area contributed by atoms with Crippen LogP contribution in [0.25, 0.3) is 0 Å². The van der Waals surface area contributed by atoms with Crippen molar-refractivity contribution in [3.05, 3.63) is 0 Å². The van der Waals surface area contributed by atoms with Crippen LogP contribution in [0, 0.1) is 5.92 Å². The molecule has 0 rings (SSSR count). The monoisotopic (exact) mass is 200 g/mol. The third-order valence-electron chi connectivity index (χ3n) is 2.48. The number of rotatable bonds is 6. The summed E-state index contributed by atoms with van der Waals surface area (Å²) >= 11 is 0. The SMILES string of the molecule is CCCCCN(C)C(=O)[C@@H](N)C(C)C. The number of carbonyl (C=O) groups is 1. The van der Waals surface area contributed by atoms with Crippen LogP contribution in [0.3, 0.4) is 0 Å². The molecule has 3 nitrogen and oxygen atoms in total. The first kappa shape index (κ1) is 13.4. The number of unbranched alkanes of at least 4 members (excludes halogenated alkanes) is 2. The van der Waals surface area contributed by atoms with E-state index in [9.17, 15) is 4.79 Å². The Morgan fingerprint density at radius 3 is 2.36 bits per heavy atom. The largest absolute Gasteiger partial charge is 0.344 e. The van der Waals surface area contributed by atoms with Crippen molar-refractivity contribution in [3.63, 3.8) is 0 Å². The van der Waals surface area contributed by atoms with Gasteiger partial charge in [0.1, 0.15) is 0 Å². The van der Waals surface area contributed by atoms with E-state index < -0.39 is 0 Å². The fourth-order valence-electron chi connectivity index (χ4n) is 1.25. The summed E-state index contributed by atoms with van der Waals surface area (Å²) in [6.07, 6.45) is 3.43. The second-order valence-electron chi connectivity index (χ2n) is 4.24. The van der Waals surface area contributed by atoms with Gasteiger partial charge in [-0.3, -0.25) is 4.79 Å². The molecule has 0 unspecified atom stereocenters. The van der Waals surface area contributed by atoms with Gasteiger partial charge < -0.3 is 10.6 Å². The summed E-state index contributed by atoms with van der Waals surface area (Å²) in [5.74, 6) is 0.284. The molecule has 2 N–H and O–H groups in total. The van der Waals surface area contributed by atoms with Crippen LogP contribution >= 0.6 is 0 Å². The fraction of sp³-hybridized carbons (Fsp3) is 0.909. The summed E-state index contributed by atoms with van der Waals surface area (Å²) in [4.78, 5) is 13.4. The summed E-state index contributed by atoms with van der Waals surface area (Å²) in [6.45, 7) is 6.93. The van der Waals surface area contributed by atoms with Crippen LogP contribution in [0.5, 0.6) is 0 Å². The highest BCUT2D eigenvalue weighted by atomic mass is 16.2. The molecule has 0 aromatic carbocycles. The molecule has 0 saturated carbocycles. The van der Waals surface area contributed by atoms with E-state index >= 15 is 0 Å². The Balaban J connectivity index is 3.86. The van der Waals surface area contributed by atoms with Gasteiger partial charge in [0.05, 0.1) is 6.04 Å². The number of nitrogens with two attached hydrogens (primary N) is 1. The van der Waals surface area contributed by atoms with Crippen molar-refractivity contribution in [1.82, 2.24) is 4.90 Å². The van der Waals surface area contributed by atoms with E-state index in [1.165, 1.54) is 12.8 Å². The Morgan fingerprint density at radius 2 is 1.93 bits per heavy atom. The molecular formula is C11H24N2O. The van der Waals surface area contributed by atoms with Gasteiger partial charge in [0.2, 0.25) is 5.91 Å². The van der Waals surface area contributed by atoms with Crippen LogP contribution < -0.4 is 5.73 Å². The van der Waals surface area contributed by atoms with Crippen molar-refractivity contribution < 1.29 is 4.79 Å². The van der Waals surface area contributed by atoms with E-state index in [4.69, 9.17) is 5.73 Å². The molecule has 1 atom stereocenters. The van der Waals surface area contributed by atoms with Gasteiger partial charge in [-0.05, 0) is 12.3 Å². The Bertz CT molecular complexity index is 169. The molecule has 3 heteroatoms. The molecule has 0 fully saturated rings. The second kappa shape index (κ2) is 6.82. The van der Waals surface area contributed by atoms with E-state index in [0.29, 0.717) is 0 Å². The lowest BCUT2D eigenvalue weighted by molar-refractivity contribution is -0.132. The van der Waals surface area contributed by atoms with Crippen molar-refractivity contribution in [1.29, 1.82) is 0 Å². The summed E-state index contributed by atoms with van der Waals surface area (Å²) in [5.41, 5.74) is 5.77. The number of nitrogens with zero attached hydrogens (tertiary/aromatic N) is 1. The maximum atomic E-state index is 11.7. The van der Waals surface area contributed by atoms with E-state index in [1.54, 1.807) is 4.90 Å². The van der Waals surface area contributed by atoms with E-state index in [-0.39, 0.29) is 17.9 Å². The molecule has 0 radical (unpaired) electrons. The highest BCUT2D eigenvalue weighted by Crippen LogP contribution is 2.04. The number of hydrogen-bond acceptors (Lipinski definition) is 2. The summed E-state index contributed by atoms with van der Waals surface area (Å²) in [7, 11) is 1.83. The summed E-state index contributed by atoms with van der Waals surface area (Å²) < 4.78 is 0. The van der Waals surface area contributed by atoms with Gasteiger partial charge >= 0.3 is 0 Å². The second-order valence-corrected chi connectivity index (χ2v) is 4.24. The van der Waals surface area contributed by atoms with Crippen LogP contribution in [0.15, 0.2) is 0 Å². The van der Waals surface area contributed by atoms with Gasteiger partial charge in [0.15, 0.2) is 0 Å². The molecule has 1 amide bonds. The Morgan fingerprint density at radius 1 is 1.36 bits per heavy atom. The Kier molecular flexibility index (Phi) is 6.54. The normalized spacial score (nSPS) is 13.0. The number of carbonyl (C=O) groups excluding carboxylic acids is 1. The smallest absolute Gasteiger partial charge is 0.239 e. The molecule has 0 spiro atoms. The highest BCUT2D eigenvalue weighted by Gasteiger charge is 2.20. The molecule has 0 aliphatic carbocycles. The van der Waals surface area contributed by atoms with Crippen molar-refractivity contribution in [2.75, 3.05) is 13.6 Å². The van der Waals surface area contributed by atoms with Crippen molar-refractivity contribution >= 4 is 5.91 Å². The number of amides is 1. The standard InChI is InChI=1S/C11H24N2O/c1-5-6-7-8-13(4)11(14)10(12)9(2)3/h9-10H,5-8,12H2,1-4H3/t10-/m0/s1. The molecule has 0 aromatic rings. The van der Waals surface area contributed by atoms with Crippen molar-refractivity contribution in [2.45, 2.75) is 46.1 Å². The van der Waals surface area contributed by atoms with Crippen LogP contribution in [0.1, 0.15) is 40.0 Å². The van der Waals surface area contributed by atoms with Gasteiger partial charge in [-0.1, -0.05) is 33.6 Å². The van der Waals surface area contributed by atoms with E-state index in [2.05, 4.69) is 6.92 Å². The topological polar surface area (TPSA) is 46.3 Å². The van der Waals surface area contributed by atoms with Crippen LogP contribution in [0.2, 0.25) is 0 Å². The summed E-state index contributed by atoms with van der Waals surface area (Å²) in [6, 6.07) is -0.346. The number of likely N-dealkylation sites (N-methyl/N-ethyl adjacent to an activating group) is 1. The lowest BCUT2D eigenvalue weighted by atomic mass is 10.0. The predicted molar refractivity (Wildman–Crippen MR) is 60.0 cm³/mol. The Labute approximate surface area is 87.6 Å². The van der Waals surface area contributed by atoms with Gasteiger partial charge in [0.25, 0.3) is 0 Å². The van der Waals surface area contributed by atoms with Crippen LogP contribution in [0.4, 0.5) is 0 Å². The maximum absolute atomic E-state index is 11.7. The molecule has 0 aromatic heterocycles. The van der Waals surface area contributed by atoms with Crippen LogP contribution in [-0.4, -0.2) is 30.4 Å². The first-order valence-electron chi connectivity index (χ1n) is 5.51. The molecule has 0 saturated heterocycles. The average Bonchev–Trinajstić information content (AvgIpc) is 2.15. The highest BCUT2D eigenvalue weighted by molar-refractivity contribution is 5.81. The van der Waals surface area contributed by atoms with Crippen molar-refractivity contribution in [2.24, 2.45) is 11.7 Å². The van der Waals surface area contributed by atoms with E-state index in [1.807, 2.05) is 20.9 Å². The Hall–Kier alpha value is -0.570. The minimum atomic E-state index is -0.346. The third-order valence-corrected chi connectivity index (χ3v) is 2.48. The molecular weight excluding hydrogens is 176 g/mol. The van der Waals surface area contributed by atoms with Crippen LogP contribution in [-0.2, 0) is 4.79 Å². The molecule has 84 valence electrons. The fourth-order valence-corrected chi connectivity index (χ4v) is 1.25. The average molecular weight is 200 g/mol. The number of hydrogen-bond donors (Lipinski definition) is 1. The lowest BCUT2D eigenvalue weighted by Gasteiger charge is -2.23. The molecule has 0 heterocycles. The van der Waals surface area contributed by atoms with Gasteiger partial charge in [-0.25, -0.2) is 0 Å². The van der Waals surface area contributed by atoms with Gasteiger partial charge in [-0.2, -0.15) is 0 Å². The minimum Gasteiger partial charge on any atom is -0.344 e. The molecule has 0 aliphatic rings. The lowest BCUT2D eigenvalue weighted by Crippen LogP contribution is -2.45. The third kappa shape index (κ3) is 4.61. The zero-order chi connectivity index (χ0) is 11.1. The van der Waals surface area contributed by atoms with E-state index in [0.717, 1.165) is 13.0 Å². The zero-order valence-electron chi connectivity index (χ0n) is 9.92.